The summed E-state index contributed by atoms with van der Waals surface area (Å²) in [5.74, 6) is 0.705. The number of rotatable bonds is 2. The minimum absolute atomic E-state index is 0.0618. The summed E-state index contributed by atoms with van der Waals surface area (Å²) in [6, 6.07) is 9.91. The van der Waals surface area contributed by atoms with Gasteiger partial charge in [0.15, 0.2) is 0 Å². The highest BCUT2D eigenvalue weighted by Crippen LogP contribution is 2.42. The van der Waals surface area contributed by atoms with Gasteiger partial charge in [0.05, 0.1) is 18.2 Å². The molecule has 2 atom stereocenters. The maximum absolute atomic E-state index is 12.4. The lowest BCUT2D eigenvalue weighted by molar-refractivity contribution is -0.132. The Morgan fingerprint density at radius 3 is 2.85 bits per heavy atom. The third kappa shape index (κ3) is 2.03. The number of benzene rings is 1. The van der Waals surface area contributed by atoms with E-state index in [1.807, 2.05) is 31.2 Å². The smallest absolute Gasteiger partial charge is 0.240 e. The van der Waals surface area contributed by atoms with Gasteiger partial charge in [0.25, 0.3) is 0 Å². The fraction of sp³-hybridized carbons (Fsp3) is 0.500. The molecule has 1 heterocycles. The van der Waals surface area contributed by atoms with E-state index in [9.17, 15) is 10.1 Å². The molecule has 2 aliphatic rings. The number of nitriles is 1. The summed E-state index contributed by atoms with van der Waals surface area (Å²) in [5, 5.41) is 12.3. The third-order valence-corrected chi connectivity index (χ3v) is 4.35. The van der Waals surface area contributed by atoms with Crippen LogP contribution in [0.15, 0.2) is 24.3 Å². The van der Waals surface area contributed by atoms with Crippen LogP contribution < -0.4 is 10.1 Å². The van der Waals surface area contributed by atoms with E-state index >= 15 is 0 Å². The number of hydrogen-bond acceptors (Lipinski definition) is 3. The highest BCUT2D eigenvalue weighted by molar-refractivity contribution is 5.86. The van der Waals surface area contributed by atoms with E-state index in [1.54, 1.807) is 0 Å². The van der Waals surface area contributed by atoms with Crippen molar-refractivity contribution < 1.29 is 9.53 Å². The molecule has 0 saturated heterocycles. The zero-order valence-corrected chi connectivity index (χ0v) is 11.6. The van der Waals surface area contributed by atoms with Crippen molar-refractivity contribution in [2.75, 3.05) is 0 Å². The van der Waals surface area contributed by atoms with E-state index in [1.165, 1.54) is 0 Å². The fourth-order valence-electron chi connectivity index (χ4n) is 2.95. The molecule has 1 N–H and O–H groups in total. The van der Waals surface area contributed by atoms with Crippen LogP contribution >= 0.6 is 0 Å². The maximum atomic E-state index is 12.4. The standard InChI is InChI=1S/C16H18N2O2/c1-11-9-13(12-5-2-3-6-14(12)20-11)18-15(19)16(10-17)7-4-8-16/h2-3,5-6,11,13H,4,7-9H2,1H3,(H,18,19)/t11-,13-/m1/s1. The van der Waals surface area contributed by atoms with Crippen LogP contribution in [0.4, 0.5) is 0 Å². The van der Waals surface area contributed by atoms with Gasteiger partial charge < -0.3 is 10.1 Å². The summed E-state index contributed by atoms with van der Waals surface area (Å²) in [4.78, 5) is 12.4. The lowest BCUT2D eigenvalue weighted by Gasteiger charge is -2.37. The zero-order valence-electron chi connectivity index (χ0n) is 11.6. The second-order valence-corrected chi connectivity index (χ2v) is 5.78. The summed E-state index contributed by atoms with van der Waals surface area (Å²) in [6.45, 7) is 2.00. The lowest BCUT2D eigenvalue weighted by Crippen LogP contribution is -2.47. The van der Waals surface area contributed by atoms with Crippen molar-refractivity contribution in [3.05, 3.63) is 29.8 Å². The van der Waals surface area contributed by atoms with Crippen LogP contribution in [-0.4, -0.2) is 12.0 Å². The minimum Gasteiger partial charge on any atom is -0.490 e. The van der Waals surface area contributed by atoms with Gasteiger partial charge in [-0.25, -0.2) is 0 Å². The normalized spacial score (nSPS) is 26.4. The first-order valence-electron chi connectivity index (χ1n) is 7.12. The molecule has 4 nitrogen and oxygen atoms in total. The monoisotopic (exact) mass is 270 g/mol. The first-order chi connectivity index (χ1) is 9.64. The van der Waals surface area contributed by atoms with Crippen molar-refractivity contribution in [3.8, 4) is 11.8 Å². The Morgan fingerprint density at radius 1 is 1.45 bits per heavy atom. The molecule has 1 aromatic rings. The summed E-state index contributed by atoms with van der Waals surface area (Å²) in [6.07, 6.45) is 3.12. The topological polar surface area (TPSA) is 62.1 Å². The first kappa shape index (κ1) is 13.0. The Hall–Kier alpha value is -2.02. The van der Waals surface area contributed by atoms with Crippen molar-refractivity contribution in [3.63, 3.8) is 0 Å². The van der Waals surface area contributed by atoms with Crippen LogP contribution in [0.2, 0.25) is 0 Å². The number of fused-ring (bicyclic) bond motifs is 1. The average Bonchev–Trinajstić information content (AvgIpc) is 2.38. The average molecular weight is 270 g/mol. The van der Waals surface area contributed by atoms with E-state index in [0.717, 1.165) is 24.2 Å². The van der Waals surface area contributed by atoms with Crippen molar-refractivity contribution in [1.82, 2.24) is 5.32 Å². The van der Waals surface area contributed by atoms with Crippen molar-refractivity contribution in [1.29, 1.82) is 5.26 Å². The van der Waals surface area contributed by atoms with Gasteiger partial charge in [-0.15, -0.1) is 0 Å². The molecule has 1 saturated carbocycles. The summed E-state index contributed by atoms with van der Waals surface area (Å²) in [5.41, 5.74) is 0.211. The number of hydrogen-bond donors (Lipinski definition) is 1. The fourth-order valence-corrected chi connectivity index (χ4v) is 2.95. The number of carbonyl (C=O) groups is 1. The van der Waals surface area contributed by atoms with Gasteiger partial charge in [-0.3, -0.25) is 4.79 Å². The van der Waals surface area contributed by atoms with Gasteiger partial charge in [-0.05, 0) is 32.3 Å². The highest BCUT2D eigenvalue weighted by Gasteiger charge is 2.45. The summed E-state index contributed by atoms with van der Waals surface area (Å²) in [7, 11) is 0. The first-order valence-corrected chi connectivity index (χ1v) is 7.12. The molecule has 1 aliphatic heterocycles. The Morgan fingerprint density at radius 2 is 2.20 bits per heavy atom. The number of para-hydroxylation sites is 1. The molecule has 20 heavy (non-hydrogen) atoms. The number of carbonyl (C=O) groups excluding carboxylic acids is 1. The van der Waals surface area contributed by atoms with Gasteiger partial charge in [-0.2, -0.15) is 5.26 Å². The number of ether oxygens (including phenoxy) is 1. The maximum Gasteiger partial charge on any atom is 0.240 e. The molecule has 0 spiro atoms. The van der Waals surface area contributed by atoms with Gasteiger partial charge in [0.1, 0.15) is 11.2 Å². The van der Waals surface area contributed by atoms with Crippen LogP contribution in [0, 0.1) is 16.7 Å². The molecule has 0 bridgehead atoms. The quantitative estimate of drug-likeness (QED) is 0.898. The Balaban J connectivity index is 1.81. The molecule has 0 aromatic heterocycles. The summed E-state index contributed by atoms with van der Waals surface area (Å²) >= 11 is 0. The van der Waals surface area contributed by atoms with Crippen LogP contribution in [-0.2, 0) is 4.79 Å². The molecular formula is C16H18N2O2. The van der Waals surface area contributed by atoms with Crippen LogP contribution in [0.1, 0.15) is 44.2 Å². The molecule has 104 valence electrons. The van der Waals surface area contributed by atoms with Crippen molar-refractivity contribution >= 4 is 5.91 Å². The van der Waals surface area contributed by atoms with Crippen molar-refractivity contribution in [2.24, 2.45) is 5.41 Å². The van der Waals surface area contributed by atoms with Crippen LogP contribution in [0.25, 0.3) is 0 Å². The molecule has 1 amide bonds. The third-order valence-electron chi connectivity index (χ3n) is 4.35. The van der Waals surface area contributed by atoms with Crippen LogP contribution in [0.5, 0.6) is 5.75 Å². The molecule has 1 fully saturated rings. The molecule has 4 heteroatoms. The molecule has 1 aromatic carbocycles. The summed E-state index contributed by atoms with van der Waals surface area (Å²) < 4.78 is 5.78. The predicted octanol–water partition coefficient (Wildman–Crippen LogP) is 2.71. The number of nitrogens with zero attached hydrogens (tertiary/aromatic N) is 1. The van der Waals surface area contributed by atoms with E-state index < -0.39 is 5.41 Å². The lowest BCUT2D eigenvalue weighted by atomic mass is 9.69. The van der Waals surface area contributed by atoms with E-state index in [-0.39, 0.29) is 18.1 Å². The second-order valence-electron chi connectivity index (χ2n) is 5.78. The number of nitrogens with one attached hydrogen (secondary N) is 1. The molecule has 1 aliphatic carbocycles. The van der Waals surface area contributed by atoms with Gasteiger partial charge in [-0.1, -0.05) is 18.2 Å². The van der Waals surface area contributed by atoms with Crippen molar-refractivity contribution in [2.45, 2.75) is 44.8 Å². The van der Waals surface area contributed by atoms with Gasteiger partial charge >= 0.3 is 0 Å². The molecule has 3 rings (SSSR count). The Labute approximate surface area is 118 Å². The second kappa shape index (κ2) is 4.82. The molecule has 0 radical (unpaired) electrons. The molecule has 0 unspecified atom stereocenters. The largest absolute Gasteiger partial charge is 0.490 e. The number of amides is 1. The minimum atomic E-state index is -0.795. The van der Waals surface area contributed by atoms with Gasteiger partial charge in [0, 0.05) is 12.0 Å². The predicted molar refractivity (Wildman–Crippen MR) is 73.9 cm³/mol. The molecular weight excluding hydrogens is 252 g/mol. The van der Waals surface area contributed by atoms with E-state index in [2.05, 4.69) is 11.4 Å². The van der Waals surface area contributed by atoms with Gasteiger partial charge in [0.2, 0.25) is 5.91 Å². The van der Waals surface area contributed by atoms with E-state index in [4.69, 9.17) is 4.74 Å². The zero-order chi connectivity index (χ0) is 14.2. The van der Waals surface area contributed by atoms with E-state index in [0.29, 0.717) is 12.8 Å². The highest BCUT2D eigenvalue weighted by atomic mass is 16.5. The van der Waals surface area contributed by atoms with Crippen LogP contribution in [0.3, 0.4) is 0 Å². The Bertz CT molecular complexity index is 572. The SMILES string of the molecule is C[C@@H]1C[C@@H](NC(=O)C2(C#N)CCC2)c2ccccc2O1. The Kier molecular flexibility index (Phi) is 3.13.